The summed E-state index contributed by atoms with van der Waals surface area (Å²) in [5, 5.41) is 0. The molecule has 0 aliphatic heterocycles. The fourth-order valence-electron chi connectivity index (χ4n) is 1.61. The van der Waals surface area contributed by atoms with Crippen LogP contribution in [0.3, 0.4) is 0 Å². The summed E-state index contributed by atoms with van der Waals surface area (Å²) >= 11 is 4.31. The molecule has 1 aromatic heterocycles. The van der Waals surface area contributed by atoms with Gasteiger partial charge in [0.05, 0.1) is 13.7 Å². The van der Waals surface area contributed by atoms with Crippen molar-refractivity contribution in [1.29, 1.82) is 0 Å². The number of benzene rings is 1. The van der Waals surface area contributed by atoms with Crippen LogP contribution in [-0.4, -0.2) is 10.8 Å². The van der Waals surface area contributed by atoms with Gasteiger partial charge in [-0.15, -0.1) is 11.3 Å². The maximum absolute atomic E-state index is 13.2. The van der Waals surface area contributed by atoms with Crippen molar-refractivity contribution in [1.82, 2.24) is 4.98 Å². The van der Waals surface area contributed by atoms with E-state index in [0.717, 1.165) is 0 Å². The Balaban J connectivity index is 2.48. The number of carbonyl (C=O) groups excluding carboxylic acids is 1. The SMILES string of the molecule is CC(C)(C)C(=O)/C=c1\[nH]c(=O)/c(=C/c2ccc(F)c(Br)c2)s1. The Bertz CT molecular complexity index is 890. The molecule has 0 fully saturated rings. The molecule has 22 heavy (non-hydrogen) atoms. The molecule has 0 amide bonds. The Hall–Kier alpha value is -1.53. The molecule has 0 saturated heterocycles. The molecule has 2 aromatic rings. The zero-order chi connectivity index (χ0) is 16.5. The predicted octanol–water partition coefficient (Wildman–Crippen LogP) is 2.56. The summed E-state index contributed by atoms with van der Waals surface area (Å²) in [4.78, 5) is 26.6. The van der Waals surface area contributed by atoms with Gasteiger partial charge in [-0.25, -0.2) is 4.39 Å². The van der Waals surface area contributed by atoms with Crippen LogP contribution >= 0.6 is 27.3 Å². The van der Waals surface area contributed by atoms with Crippen molar-refractivity contribution in [3.8, 4) is 0 Å². The van der Waals surface area contributed by atoms with Crippen LogP contribution in [0.15, 0.2) is 27.5 Å². The number of aromatic nitrogens is 1. The first-order valence-corrected chi connectivity index (χ1v) is 8.20. The van der Waals surface area contributed by atoms with Gasteiger partial charge in [-0.1, -0.05) is 26.8 Å². The zero-order valence-corrected chi connectivity index (χ0v) is 14.8. The molecule has 0 radical (unpaired) electrons. The van der Waals surface area contributed by atoms with Crippen LogP contribution < -0.4 is 14.8 Å². The lowest BCUT2D eigenvalue weighted by Crippen LogP contribution is -2.22. The first kappa shape index (κ1) is 16.8. The zero-order valence-electron chi connectivity index (χ0n) is 12.4. The van der Waals surface area contributed by atoms with E-state index in [1.165, 1.54) is 23.5 Å². The number of Topliss-reactive ketones (excluding diaryl/α,β-unsaturated/α-hetero) is 1. The van der Waals surface area contributed by atoms with E-state index in [2.05, 4.69) is 20.9 Å². The van der Waals surface area contributed by atoms with E-state index < -0.39 is 5.41 Å². The lowest BCUT2D eigenvalue weighted by Gasteiger charge is -2.12. The van der Waals surface area contributed by atoms with Crippen LogP contribution in [0.2, 0.25) is 0 Å². The lowest BCUT2D eigenvalue weighted by molar-refractivity contribution is -0.119. The molecule has 0 bridgehead atoms. The Kier molecular flexibility index (Phi) is 4.82. The molecular weight excluding hydrogens is 369 g/mol. The average Bonchev–Trinajstić information content (AvgIpc) is 2.73. The molecule has 1 aromatic carbocycles. The molecule has 0 saturated carbocycles. The van der Waals surface area contributed by atoms with E-state index >= 15 is 0 Å². The molecule has 0 aliphatic carbocycles. The summed E-state index contributed by atoms with van der Waals surface area (Å²) in [5.74, 6) is -0.414. The van der Waals surface area contributed by atoms with Crippen molar-refractivity contribution in [3.63, 3.8) is 0 Å². The third kappa shape index (κ3) is 4.01. The highest BCUT2D eigenvalue weighted by Crippen LogP contribution is 2.17. The van der Waals surface area contributed by atoms with Gasteiger partial charge in [-0.3, -0.25) is 9.59 Å². The van der Waals surface area contributed by atoms with Gasteiger partial charge >= 0.3 is 0 Å². The first-order chi connectivity index (χ1) is 10.2. The highest BCUT2D eigenvalue weighted by atomic mass is 79.9. The number of halogens is 2. The van der Waals surface area contributed by atoms with Crippen molar-refractivity contribution in [2.45, 2.75) is 20.8 Å². The monoisotopic (exact) mass is 383 g/mol. The molecule has 2 rings (SSSR count). The van der Waals surface area contributed by atoms with E-state index in [-0.39, 0.29) is 17.2 Å². The molecule has 0 aliphatic rings. The second kappa shape index (κ2) is 6.30. The van der Waals surface area contributed by atoms with Crippen LogP contribution in [0.5, 0.6) is 0 Å². The second-order valence-corrected chi connectivity index (χ2v) is 7.80. The highest BCUT2D eigenvalue weighted by molar-refractivity contribution is 9.10. The molecule has 0 atom stereocenters. The quantitative estimate of drug-likeness (QED) is 0.866. The molecule has 116 valence electrons. The van der Waals surface area contributed by atoms with Gasteiger partial charge in [0.15, 0.2) is 5.78 Å². The highest BCUT2D eigenvalue weighted by Gasteiger charge is 2.18. The van der Waals surface area contributed by atoms with E-state index in [1.54, 1.807) is 18.2 Å². The summed E-state index contributed by atoms with van der Waals surface area (Å²) in [6.45, 7) is 5.46. The van der Waals surface area contributed by atoms with Gasteiger partial charge in [0.2, 0.25) is 0 Å². The smallest absolute Gasteiger partial charge is 0.266 e. The van der Waals surface area contributed by atoms with Crippen molar-refractivity contribution >= 4 is 45.2 Å². The fraction of sp³-hybridized carbons (Fsp3) is 0.250. The standard InChI is InChI=1S/C16H15BrFNO2S/c1-16(2,3)13(20)8-14-19-15(21)12(22-14)7-9-4-5-11(18)10(17)6-9/h4-8H,1-3H3,(H,19,21)/b12-7-,14-8+. The molecule has 0 unspecified atom stereocenters. The van der Waals surface area contributed by atoms with E-state index in [4.69, 9.17) is 0 Å². The van der Waals surface area contributed by atoms with Crippen LogP contribution in [0.1, 0.15) is 26.3 Å². The normalized spacial score (nSPS) is 13.7. The lowest BCUT2D eigenvalue weighted by atomic mass is 9.91. The number of hydrogen-bond donors (Lipinski definition) is 1. The minimum absolute atomic E-state index is 0.0546. The minimum Gasteiger partial charge on any atom is -0.313 e. The van der Waals surface area contributed by atoms with Gasteiger partial charge in [-0.05, 0) is 39.7 Å². The Morgan fingerprint density at radius 1 is 1.36 bits per heavy atom. The molecule has 6 heteroatoms. The molecular formula is C16H15BrFNO2S. The van der Waals surface area contributed by atoms with Crippen LogP contribution in [0.4, 0.5) is 4.39 Å². The fourth-order valence-corrected chi connectivity index (χ4v) is 2.90. The average molecular weight is 384 g/mol. The maximum Gasteiger partial charge on any atom is 0.266 e. The number of hydrogen-bond acceptors (Lipinski definition) is 3. The summed E-state index contributed by atoms with van der Waals surface area (Å²) in [7, 11) is 0. The van der Waals surface area contributed by atoms with E-state index in [1.807, 2.05) is 20.8 Å². The maximum atomic E-state index is 13.2. The number of thiazole rings is 1. The van der Waals surface area contributed by atoms with Gasteiger partial charge in [0.1, 0.15) is 5.82 Å². The number of H-pyrrole nitrogens is 1. The molecule has 3 nitrogen and oxygen atoms in total. The largest absolute Gasteiger partial charge is 0.313 e. The van der Waals surface area contributed by atoms with Crippen molar-refractivity contribution in [3.05, 3.63) is 53.6 Å². The summed E-state index contributed by atoms with van der Waals surface area (Å²) in [6, 6.07) is 4.51. The summed E-state index contributed by atoms with van der Waals surface area (Å²) in [6.07, 6.45) is 3.11. The Labute approximate surface area is 139 Å². The topological polar surface area (TPSA) is 49.9 Å². The molecule has 0 spiro atoms. The number of aromatic amines is 1. The van der Waals surface area contributed by atoms with Crippen molar-refractivity contribution < 1.29 is 9.18 Å². The van der Waals surface area contributed by atoms with E-state index in [9.17, 15) is 14.0 Å². The number of rotatable bonds is 2. The number of nitrogens with one attached hydrogen (secondary N) is 1. The predicted molar refractivity (Wildman–Crippen MR) is 90.8 cm³/mol. The van der Waals surface area contributed by atoms with Crippen LogP contribution in [0.25, 0.3) is 12.2 Å². The van der Waals surface area contributed by atoms with Gasteiger partial charge in [0.25, 0.3) is 5.56 Å². The number of ketones is 1. The Morgan fingerprint density at radius 2 is 2.05 bits per heavy atom. The van der Waals surface area contributed by atoms with Gasteiger partial charge in [0, 0.05) is 11.5 Å². The van der Waals surface area contributed by atoms with Gasteiger partial charge in [-0.2, -0.15) is 0 Å². The first-order valence-electron chi connectivity index (χ1n) is 6.59. The Morgan fingerprint density at radius 3 is 2.64 bits per heavy atom. The minimum atomic E-state index is -0.493. The van der Waals surface area contributed by atoms with Crippen LogP contribution in [0, 0.1) is 11.2 Å². The third-order valence-corrected chi connectivity index (χ3v) is 4.49. The van der Waals surface area contributed by atoms with E-state index in [0.29, 0.717) is 19.2 Å². The van der Waals surface area contributed by atoms with Crippen LogP contribution in [-0.2, 0) is 4.79 Å². The van der Waals surface area contributed by atoms with Gasteiger partial charge < -0.3 is 4.98 Å². The summed E-state index contributed by atoms with van der Waals surface area (Å²) in [5.41, 5.74) is -0.0558. The second-order valence-electron chi connectivity index (χ2n) is 5.86. The summed E-state index contributed by atoms with van der Waals surface area (Å²) < 4.78 is 14.5. The number of carbonyl (C=O) groups is 1. The van der Waals surface area contributed by atoms with Crippen molar-refractivity contribution in [2.75, 3.05) is 0 Å². The molecule has 1 heterocycles. The van der Waals surface area contributed by atoms with Crippen molar-refractivity contribution in [2.24, 2.45) is 5.41 Å². The molecule has 1 N–H and O–H groups in total. The third-order valence-electron chi connectivity index (χ3n) is 2.92.